The van der Waals surface area contributed by atoms with Crippen molar-refractivity contribution in [1.29, 1.82) is 0 Å². The van der Waals surface area contributed by atoms with Crippen molar-refractivity contribution in [2.24, 2.45) is 5.92 Å². The fraction of sp³-hybridized carbons (Fsp3) is 0.362. The van der Waals surface area contributed by atoms with E-state index in [2.05, 4.69) is 0 Å². The van der Waals surface area contributed by atoms with Crippen LogP contribution in [0, 0.1) is 5.92 Å². The van der Waals surface area contributed by atoms with Crippen LogP contribution >= 0.6 is 0 Å². The third kappa shape index (κ3) is 14.7. The van der Waals surface area contributed by atoms with Gasteiger partial charge in [0.2, 0.25) is 0 Å². The van der Waals surface area contributed by atoms with Gasteiger partial charge in [0.15, 0.2) is 12.4 Å². The predicted molar refractivity (Wildman–Crippen MR) is 260 cm³/mol. The van der Waals surface area contributed by atoms with Crippen LogP contribution in [0.1, 0.15) is 46.7 Å². The third-order valence-corrected chi connectivity index (χ3v) is 12.4. The molecule has 0 spiro atoms. The summed E-state index contributed by atoms with van der Waals surface area (Å²) in [5.74, 6) is -0.765. The molecule has 0 aromatic heterocycles. The number of benzene rings is 6. The van der Waals surface area contributed by atoms with Gasteiger partial charge in [-0.15, -0.1) is 0 Å². The molecule has 6 aromatic rings. The average Bonchev–Trinajstić information content (AvgIpc) is 3.39. The largest absolute Gasteiger partial charge is 0.457 e. The number of hydrogen-bond donors (Lipinski definition) is 0. The molecule has 1 heterocycles. The minimum Gasteiger partial charge on any atom is -0.457 e. The van der Waals surface area contributed by atoms with Gasteiger partial charge < -0.3 is 47.4 Å². The standard InChI is InChI=1S/C58H64O11/c1-42(59)67-53-50(33-49(40-61-34-43-21-9-3-10-22-43)52(63-36-45-25-13-5-14-26-45)55(53)64-37-46-27-15-6-16-28-46)68-54-51(41-62-35-44-23-11-4-12-24-44)69-58(60-2)57(66-39-48-31-19-8-20-32-48)56(54)65-38-47-29-17-7-18-30-47/h3-32,49-58H,33-41H2,1-2H3/t49-,50+,51-,52-,53-,54-,55+,56+,57-,58+/m1/s1. The minimum atomic E-state index is -0.929. The van der Waals surface area contributed by atoms with Crippen LogP contribution in [0.4, 0.5) is 0 Å². The molecule has 2 fully saturated rings. The molecule has 8 rings (SSSR count). The second-order valence-corrected chi connectivity index (χ2v) is 17.5. The van der Waals surface area contributed by atoms with Gasteiger partial charge in [0.25, 0.3) is 0 Å². The lowest BCUT2D eigenvalue weighted by Crippen LogP contribution is -2.65. The van der Waals surface area contributed by atoms with Crippen LogP contribution < -0.4 is 0 Å². The van der Waals surface area contributed by atoms with E-state index in [1.54, 1.807) is 7.11 Å². The molecule has 362 valence electrons. The van der Waals surface area contributed by atoms with Crippen molar-refractivity contribution >= 4 is 5.97 Å². The molecule has 0 radical (unpaired) electrons. The highest BCUT2D eigenvalue weighted by Crippen LogP contribution is 2.39. The summed E-state index contributed by atoms with van der Waals surface area (Å²) in [5.41, 5.74) is 5.94. The molecule has 6 aromatic carbocycles. The quantitative estimate of drug-likeness (QED) is 0.0542. The highest BCUT2D eigenvalue weighted by Gasteiger charge is 2.54. The van der Waals surface area contributed by atoms with Crippen LogP contribution in [0.5, 0.6) is 0 Å². The van der Waals surface area contributed by atoms with Crippen molar-refractivity contribution in [3.05, 3.63) is 215 Å². The number of carbonyl (C=O) groups is 1. The minimum absolute atomic E-state index is 0.126. The molecule has 11 heteroatoms. The smallest absolute Gasteiger partial charge is 0.303 e. The first-order valence-electron chi connectivity index (χ1n) is 23.9. The summed E-state index contributed by atoms with van der Waals surface area (Å²) in [6.45, 7) is 3.61. The lowest BCUT2D eigenvalue weighted by molar-refractivity contribution is -0.335. The molecule has 1 aliphatic carbocycles. The van der Waals surface area contributed by atoms with Gasteiger partial charge in [-0.1, -0.05) is 182 Å². The van der Waals surface area contributed by atoms with Crippen molar-refractivity contribution < 1.29 is 52.2 Å². The summed E-state index contributed by atoms with van der Waals surface area (Å²) in [6, 6.07) is 59.9. The summed E-state index contributed by atoms with van der Waals surface area (Å²) in [5, 5.41) is 0. The summed E-state index contributed by atoms with van der Waals surface area (Å²) >= 11 is 0. The van der Waals surface area contributed by atoms with E-state index in [1.807, 2.05) is 182 Å². The monoisotopic (exact) mass is 936 g/mol. The number of esters is 1. The molecule has 2 aliphatic rings. The Hall–Kier alpha value is -5.57. The van der Waals surface area contributed by atoms with Crippen molar-refractivity contribution in [2.75, 3.05) is 20.3 Å². The molecule has 11 nitrogen and oxygen atoms in total. The van der Waals surface area contributed by atoms with E-state index >= 15 is 0 Å². The van der Waals surface area contributed by atoms with Gasteiger partial charge in [-0.2, -0.15) is 0 Å². The Kier molecular flexibility index (Phi) is 19.1. The summed E-state index contributed by atoms with van der Waals surface area (Å²) in [4.78, 5) is 13.4. The lowest BCUT2D eigenvalue weighted by Gasteiger charge is -2.50. The zero-order valence-corrected chi connectivity index (χ0v) is 39.4. The van der Waals surface area contributed by atoms with Crippen LogP contribution in [-0.4, -0.2) is 81.4 Å². The first-order chi connectivity index (χ1) is 34.0. The maximum atomic E-state index is 13.4. The number of methoxy groups -OCH3 is 1. The number of rotatable bonds is 24. The maximum Gasteiger partial charge on any atom is 0.303 e. The molecule has 69 heavy (non-hydrogen) atoms. The second kappa shape index (κ2) is 26.4. The molecule has 0 N–H and O–H groups in total. The number of carbonyl (C=O) groups excluding carboxylic acids is 1. The first-order valence-corrected chi connectivity index (χ1v) is 23.9. The molecule has 1 saturated heterocycles. The topological polar surface area (TPSA) is 109 Å². The van der Waals surface area contributed by atoms with E-state index in [0.717, 1.165) is 33.4 Å². The first kappa shape index (κ1) is 49.8. The van der Waals surface area contributed by atoms with Crippen molar-refractivity contribution in [1.82, 2.24) is 0 Å². The van der Waals surface area contributed by atoms with Crippen molar-refractivity contribution in [3.63, 3.8) is 0 Å². The fourth-order valence-corrected chi connectivity index (χ4v) is 9.06. The lowest BCUT2D eigenvalue weighted by atomic mass is 9.80. The van der Waals surface area contributed by atoms with Crippen LogP contribution in [0.3, 0.4) is 0 Å². The van der Waals surface area contributed by atoms with Crippen LogP contribution in [0.15, 0.2) is 182 Å². The van der Waals surface area contributed by atoms with Gasteiger partial charge in [-0.25, -0.2) is 0 Å². The fourth-order valence-electron chi connectivity index (χ4n) is 9.06. The Labute approximate surface area is 406 Å². The van der Waals surface area contributed by atoms with E-state index in [0.29, 0.717) is 32.8 Å². The number of hydrogen-bond acceptors (Lipinski definition) is 11. The van der Waals surface area contributed by atoms with Crippen LogP contribution in [-0.2, 0) is 91.8 Å². The van der Waals surface area contributed by atoms with Crippen molar-refractivity contribution in [2.45, 2.75) is 108 Å². The molecular formula is C58H64O11. The zero-order chi connectivity index (χ0) is 47.5. The Morgan fingerprint density at radius 3 is 1.22 bits per heavy atom. The molecule has 10 atom stereocenters. The highest BCUT2D eigenvalue weighted by atomic mass is 16.7. The van der Waals surface area contributed by atoms with E-state index in [9.17, 15) is 4.79 Å². The molecule has 0 bridgehead atoms. The zero-order valence-electron chi connectivity index (χ0n) is 39.4. The predicted octanol–water partition coefficient (Wildman–Crippen LogP) is 9.84. The third-order valence-electron chi connectivity index (χ3n) is 12.4. The molecule has 0 unspecified atom stereocenters. The normalized spacial score (nSPS) is 24.7. The molecule has 1 aliphatic heterocycles. The SMILES string of the molecule is CO[C@H]1O[C@H](COCc2ccccc2)[C@@H](O[C@H]2C[C@H](COCc3ccccc3)[C@@H](OCc3ccccc3)[C@H](OCc3ccccc3)[C@@H]2OC(C)=O)[C@H](OCc2ccccc2)[C@H]1OCc1ccccc1. The van der Waals surface area contributed by atoms with Gasteiger partial charge in [0.1, 0.15) is 30.5 Å². The van der Waals surface area contributed by atoms with E-state index < -0.39 is 61.1 Å². The van der Waals surface area contributed by atoms with Gasteiger partial charge >= 0.3 is 5.97 Å². The van der Waals surface area contributed by atoms with E-state index in [1.165, 1.54) is 6.92 Å². The van der Waals surface area contributed by atoms with Crippen LogP contribution in [0.25, 0.3) is 0 Å². The summed E-state index contributed by atoms with van der Waals surface area (Å²) in [6.07, 6.45) is -6.62. The second-order valence-electron chi connectivity index (χ2n) is 17.5. The van der Waals surface area contributed by atoms with Crippen LogP contribution in [0.2, 0.25) is 0 Å². The Morgan fingerprint density at radius 2 is 0.812 bits per heavy atom. The van der Waals surface area contributed by atoms with E-state index in [-0.39, 0.29) is 32.3 Å². The highest BCUT2D eigenvalue weighted by molar-refractivity contribution is 5.66. The van der Waals surface area contributed by atoms with E-state index in [4.69, 9.17) is 47.4 Å². The summed E-state index contributed by atoms with van der Waals surface area (Å²) in [7, 11) is 1.60. The van der Waals surface area contributed by atoms with Gasteiger partial charge in [0.05, 0.1) is 65.1 Å². The summed E-state index contributed by atoms with van der Waals surface area (Å²) < 4.78 is 67.4. The van der Waals surface area contributed by atoms with Gasteiger partial charge in [-0.05, 0) is 39.8 Å². The Balaban J connectivity index is 1.17. The van der Waals surface area contributed by atoms with Gasteiger partial charge in [0, 0.05) is 20.0 Å². The number of ether oxygens (including phenoxy) is 10. The Morgan fingerprint density at radius 1 is 0.449 bits per heavy atom. The maximum absolute atomic E-state index is 13.4. The van der Waals surface area contributed by atoms with Gasteiger partial charge in [-0.3, -0.25) is 4.79 Å². The molecule has 1 saturated carbocycles. The molecular weight excluding hydrogens is 873 g/mol. The van der Waals surface area contributed by atoms with Crippen molar-refractivity contribution in [3.8, 4) is 0 Å². The molecule has 0 amide bonds. The average molecular weight is 937 g/mol. The Bertz CT molecular complexity index is 2340.